The smallest absolute Gasteiger partial charge is 0.150 e. The van der Waals surface area contributed by atoms with E-state index < -0.39 is 0 Å². The second kappa shape index (κ2) is 2.46. The van der Waals surface area contributed by atoms with Crippen LogP contribution in [0.4, 0.5) is 0 Å². The van der Waals surface area contributed by atoms with Crippen molar-refractivity contribution in [2.75, 3.05) is 13.2 Å². The lowest BCUT2D eigenvalue weighted by atomic mass is 10.1. The summed E-state index contributed by atoms with van der Waals surface area (Å²) in [6.45, 7) is 1.48. The standard InChI is InChI=1S/C8H9O2/c1-2-7-6-9-5-3-8(7)10-4-1/h2-3,5H,1,4,6H2. The third-order valence-electron chi connectivity index (χ3n) is 1.64. The Morgan fingerprint density at radius 3 is 3.30 bits per heavy atom. The maximum atomic E-state index is 5.36. The highest BCUT2D eigenvalue weighted by molar-refractivity contribution is 5.31. The number of rotatable bonds is 0. The van der Waals surface area contributed by atoms with Gasteiger partial charge in [0.15, 0.2) is 6.10 Å². The first-order valence-electron chi connectivity index (χ1n) is 3.44. The zero-order valence-electron chi connectivity index (χ0n) is 5.67. The molecular weight excluding hydrogens is 128 g/mol. The molecule has 2 heteroatoms. The molecule has 0 spiro atoms. The first-order valence-corrected chi connectivity index (χ1v) is 3.44. The SMILES string of the molecule is C1=C[C]2OCCC=C2CO1. The molecular formula is C8H9O2. The van der Waals surface area contributed by atoms with Crippen molar-refractivity contribution in [2.45, 2.75) is 6.42 Å². The van der Waals surface area contributed by atoms with Crippen LogP contribution in [0.15, 0.2) is 24.0 Å². The van der Waals surface area contributed by atoms with E-state index in [2.05, 4.69) is 6.08 Å². The van der Waals surface area contributed by atoms with Gasteiger partial charge >= 0.3 is 0 Å². The first-order chi connectivity index (χ1) is 4.97. The molecule has 0 amide bonds. The molecule has 2 aliphatic rings. The number of ether oxygens (including phenoxy) is 2. The van der Waals surface area contributed by atoms with E-state index in [1.54, 1.807) is 6.26 Å². The van der Waals surface area contributed by atoms with Crippen LogP contribution in [0.3, 0.4) is 0 Å². The van der Waals surface area contributed by atoms with Gasteiger partial charge in [0.25, 0.3) is 0 Å². The molecule has 0 aromatic carbocycles. The molecule has 0 bridgehead atoms. The Morgan fingerprint density at radius 2 is 2.40 bits per heavy atom. The van der Waals surface area contributed by atoms with Crippen molar-refractivity contribution in [3.63, 3.8) is 0 Å². The summed E-state index contributed by atoms with van der Waals surface area (Å²) in [5.41, 5.74) is 1.19. The summed E-state index contributed by atoms with van der Waals surface area (Å²) in [6, 6.07) is 0. The van der Waals surface area contributed by atoms with Gasteiger partial charge in [0.1, 0.15) is 6.61 Å². The minimum absolute atomic E-state index is 0.672. The number of hydrogen-bond acceptors (Lipinski definition) is 2. The van der Waals surface area contributed by atoms with Gasteiger partial charge in [-0.05, 0) is 12.5 Å². The predicted octanol–water partition coefficient (Wildman–Crippen LogP) is 1.41. The Balaban J connectivity index is 2.20. The van der Waals surface area contributed by atoms with E-state index in [9.17, 15) is 0 Å². The van der Waals surface area contributed by atoms with Crippen LogP contribution >= 0.6 is 0 Å². The van der Waals surface area contributed by atoms with Gasteiger partial charge in [-0.15, -0.1) is 0 Å². The Kier molecular flexibility index (Phi) is 1.47. The largest absolute Gasteiger partial charge is 0.497 e. The number of hydrogen-bond donors (Lipinski definition) is 0. The molecule has 0 aromatic rings. The molecule has 2 aliphatic heterocycles. The van der Waals surface area contributed by atoms with Crippen molar-refractivity contribution in [3.05, 3.63) is 30.1 Å². The molecule has 0 atom stereocenters. The summed E-state index contributed by atoms with van der Waals surface area (Å²) in [4.78, 5) is 0. The van der Waals surface area contributed by atoms with Gasteiger partial charge in [-0.3, -0.25) is 0 Å². The van der Waals surface area contributed by atoms with E-state index >= 15 is 0 Å². The molecule has 0 saturated carbocycles. The predicted molar refractivity (Wildman–Crippen MR) is 37.0 cm³/mol. The van der Waals surface area contributed by atoms with Crippen molar-refractivity contribution < 1.29 is 9.47 Å². The van der Waals surface area contributed by atoms with Gasteiger partial charge in [0.2, 0.25) is 0 Å². The normalized spacial score (nSPS) is 25.0. The van der Waals surface area contributed by atoms with Crippen molar-refractivity contribution in [1.29, 1.82) is 0 Å². The van der Waals surface area contributed by atoms with Crippen LogP contribution in [-0.4, -0.2) is 13.2 Å². The summed E-state index contributed by atoms with van der Waals surface area (Å²) >= 11 is 0. The van der Waals surface area contributed by atoms with Crippen molar-refractivity contribution >= 4 is 0 Å². The Labute approximate surface area is 60.1 Å². The quantitative estimate of drug-likeness (QED) is 0.502. The van der Waals surface area contributed by atoms with E-state index in [1.165, 1.54) is 5.57 Å². The van der Waals surface area contributed by atoms with Gasteiger partial charge in [-0.1, -0.05) is 6.08 Å². The Bertz CT molecular complexity index is 182. The first kappa shape index (κ1) is 5.98. The minimum atomic E-state index is 0.672. The van der Waals surface area contributed by atoms with Crippen LogP contribution in [0.5, 0.6) is 0 Å². The average Bonchev–Trinajstić information content (AvgIpc) is 2.05. The lowest BCUT2D eigenvalue weighted by Gasteiger charge is -2.23. The molecule has 0 N–H and O–H groups in total. The van der Waals surface area contributed by atoms with Crippen LogP contribution in [0.25, 0.3) is 0 Å². The summed E-state index contributed by atoms with van der Waals surface area (Å²) in [7, 11) is 0. The fourth-order valence-electron chi connectivity index (χ4n) is 1.13. The van der Waals surface area contributed by atoms with Crippen molar-refractivity contribution in [3.8, 4) is 0 Å². The maximum Gasteiger partial charge on any atom is 0.150 e. The maximum absolute atomic E-state index is 5.36. The monoisotopic (exact) mass is 137 g/mol. The van der Waals surface area contributed by atoms with Crippen LogP contribution in [0, 0.1) is 6.10 Å². The average molecular weight is 137 g/mol. The highest BCUT2D eigenvalue weighted by Crippen LogP contribution is 2.25. The molecule has 2 heterocycles. The minimum Gasteiger partial charge on any atom is -0.497 e. The van der Waals surface area contributed by atoms with E-state index in [0.717, 1.165) is 19.1 Å². The van der Waals surface area contributed by atoms with E-state index in [1.807, 2.05) is 6.08 Å². The van der Waals surface area contributed by atoms with Crippen LogP contribution in [0.2, 0.25) is 0 Å². The summed E-state index contributed by atoms with van der Waals surface area (Å²) < 4.78 is 10.5. The van der Waals surface area contributed by atoms with Gasteiger partial charge in [0.05, 0.1) is 12.9 Å². The van der Waals surface area contributed by atoms with Gasteiger partial charge in [-0.25, -0.2) is 0 Å². The highest BCUT2D eigenvalue weighted by Gasteiger charge is 2.19. The summed E-state index contributed by atoms with van der Waals surface area (Å²) in [5.74, 6) is 0. The van der Waals surface area contributed by atoms with Gasteiger partial charge < -0.3 is 9.47 Å². The third kappa shape index (κ3) is 0.948. The highest BCUT2D eigenvalue weighted by atomic mass is 16.5. The van der Waals surface area contributed by atoms with Crippen molar-refractivity contribution in [2.24, 2.45) is 0 Å². The molecule has 0 saturated heterocycles. The summed E-state index contributed by atoms with van der Waals surface area (Å²) in [5, 5.41) is 0. The second-order valence-electron chi connectivity index (χ2n) is 2.34. The lowest BCUT2D eigenvalue weighted by Crippen LogP contribution is -2.16. The van der Waals surface area contributed by atoms with E-state index in [0.29, 0.717) is 6.61 Å². The van der Waals surface area contributed by atoms with Gasteiger partial charge in [-0.2, -0.15) is 0 Å². The molecule has 0 aromatic heterocycles. The lowest BCUT2D eigenvalue weighted by molar-refractivity contribution is 0.144. The molecule has 53 valence electrons. The third-order valence-corrected chi connectivity index (χ3v) is 1.64. The van der Waals surface area contributed by atoms with E-state index in [4.69, 9.17) is 9.47 Å². The molecule has 2 rings (SSSR count). The Hall–Kier alpha value is -0.760. The molecule has 10 heavy (non-hydrogen) atoms. The van der Waals surface area contributed by atoms with E-state index in [-0.39, 0.29) is 0 Å². The van der Waals surface area contributed by atoms with Crippen molar-refractivity contribution in [1.82, 2.24) is 0 Å². The van der Waals surface area contributed by atoms with Crippen LogP contribution in [0.1, 0.15) is 6.42 Å². The number of fused-ring (bicyclic) bond motifs is 1. The summed E-state index contributed by atoms with van der Waals surface area (Å²) in [6.07, 6.45) is 7.71. The Morgan fingerprint density at radius 1 is 1.40 bits per heavy atom. The second-order valence-corrected chi connectivity index (χ2v) is 2.34. The molecule has 2 nitrogen and oxygen atoms in total. The molecule has 1 radical (unpaired) electrons. The van der Waals surface area contributed by atoms with Crippen LogP contribution in [-0.2, 0) is 9.47 Å². The fourth-order valence-corrected chi connectivity index (χ4v) is 1.13. The fraction of sp³-hybridized carbons (Fsp3) is 0.375. The molecule has 0 unspecified atom stereocenters. The molecule has 0 aliphatic carbocycles. The zero-order chi connectivity index (χ0) is 6.81. The topological polar surface area (TPSA) is 18.5 Å². The van der Waals surface area contributed by atoms with Crippen LogP contribution < -0.4 is 0 Å². The van der Waals surface area contributed by atoms with Gasteiger partial charge in [0, 0.05) is 5.57 Å². The zero-order valence-corrected chi connectivity index (χ0v) is 5.67. The molecule has 0 fully saturated rings.